The van der Waals surface area contributed by atoms with E-state index in [9.17, 15) is 0 Å². The summed E-state index contributed by atoms with van der Waals surface area (Å²) in [7, 11) is 2.19. The quantitative estimate of drug-likeness (QED) is 0.788. The van der Waals surface area contributed by atoms with Crippen LogP contribution in [0.5, 0.6) is 0 Å². The minimum absolute atomic E-state index is 1.06. The number of hydrogen-bond acceptors (Lipinski definition) is 5. The zero-order valence-corrected chi connectivity index (χ0v) is 11.7. The first-order valence-electron chi connectivity index (χ1n) is 6.38. The number of nitrogens with zero attached hydrogens (tertiary/aromatic N) is 4. The number of aromatic nitrogens is 2. The Morgan fingerprint density at radius 2 is 2.06 bits per heavy atom. The molecule has 2 aromatic heterocycles. The van der Waals surface area contributed by atoms with E-state index in [2.05, 4.69) is 39.1 Å². The Morgan fingerprint density at radius 3 is 2.94 bits per heavy atom. The van der Waals surface area contributed by atoms with Crippen LogP contribution in [0, 0.1) is 6.92 Å². The van der Waals surface area contributed by atoms with Crippen LogP contribution in [0.2, 0.25) is 0 Å². The van der Waals surface area contributed by atoms with Crippen molar-refractivity contribution in [1.29, 1.82) is 0 Å². The topological polar surface area (TPSA) is 32.3 Å². The summed E-state index contributed by atoms with van der Waals surface area (Å²) in [5.41, 5.74) is 2.37. The van der Waals surface area contributed by atoms with E-state index in [-0.39, 0.29) is 0 Å². The highest BCUT2D eigenvalue weighted by Crippen LogP contribution is 2.31. The van der Waals surface area contributed by atoms with Gasteiger partial charge in [0, 0.05) is 19.6 Å². The number of thiophene rings is 1. The molecule has 0 aromatic carbocycles. The Kier molecular flexibility index (Phi) is 3.18. The SMILES string of the molecule is Cc1csc2c(N3CCCN(C)CC3)ncnc12. The Hall–Kier alpha value is -1.20. The van der Waals surface area contributed by atoms with E-state index in [1.807, 2.05) is 0 Å². The molecule has 0 unspecified atom stereocenters. The molecule has 0 aliphatic carbocycles. The first-order chi connectivity index (χ1) is 8.75. The van der Waals surface area contributed by atoms with Gasteiger partial charge in [-0.1, -0.05) is 0 Å². The molecule has 0 amide bonds. The van der Waals surface area contributed by atoms with Crippen molar-refractivity contribution in [2.24, 2.45) is 0 Å². The molecule has 96 valence electrons. The fraction of sp³-hybridized carbons (Fsp3) is 0.538. The monoisotopic (exact) mass is 262 g/mol. The third kappa shape index (κ3) is 2.08. The lowest BCUT2D eigenvalue weighted by Crippen LogP contribution is -2.29. The molecule has 3 rings (SSSR count). The number of rotatable bonds is 1. The van der Waals surface area contributed by atoms with Crippen LogP contribution >= 0.6 is 11.3 Å². The van der Waals surface area contributed by atoms with Gasteiger partial charge in [0.05, 0.1) is 10.2 Å². The van der Waals surface area contributed by atoms with E-state index in [0.717, 1.165) is 31.0 Å². The highest BCUT2D eigenvalue weighted by molar-refractivity contribution is 7.18. The third-order valence-electron chi connectivity index (χ3n) is 3.53. The second kappa shape index (κ2) is 4.82. The van der Waals surface area contributed by atoms with Gasteiger partial charge in [-0.15, -0.1) is 11.3 Å². The predicted octanol–water partition coefficient (Wildman–Crippen LogP) is 2.14. The lowest BCUT2D eigenvalue weighted by Gasteiger charge is -2.21. The first kappa shape index (κ1) is 11.9. The molecule has 0 N–H and O–H groups in total. The van der Waals surface area contributed by atoms with E-state index in [1.165, 1.54) is 23.2 Å². The van der Waals surface area contributed by atoms with Crippen LogP contribution in [0.1, 0.15) is 12.0 Å². The van der Waals surface area contributed by atoms with Crippen molar-refractivity contribution in [3.63, 3.8) is 0 Å². The molecule has 4 nitrogen and oxygen atoms in total. The maximum atomic E-state index is 4.52. The van der Waals surface area contributed by atoms with E-state index in [0.29, 0.717) is 0 Å². The third-order valence-corrected chi connectivity index (χ3v) is 4.61. The molecule has 5 heteroatoms. The number of anilines is 1. The normalized spacial score (nSPS) is 18.2. The minimum Gasteiger partial charge on any atom is -0.354 e. The highest BCUT2D eigenvalue weighted by atomic mass is 32.1. The van der Waals surface area contributed by atoms with E-state index < -0.39 is 0 Å². The number of likely N-dealkylation sites (N-methyl/N-ethyl adjacent to an activating group) is 1. The molecule has 1 fully saturated rings. The largest absolute Gasteiger partial charge is 0.354 e. The fourth-order valence-electron chi connectivity index (χ4n) is 2.44. The number of aryl methyl sites for hydroxylation is 1. The average Bonchev–Trinajstić information content (AvgIpc) is 2.62. The lowest BCUT2D eigenvalue weighted by molar-refractivity contribution is 0.360. The molecular weight excluding hydrogens is 244 g/mol. The van der Waals surface area contributed by atoms with Gasteiger partial charge in [-0.25, -0.2) is 9.97 Å². The molecule has 2 aromatic rings. The Bertz CT molecular complexity index is 551. The molecule has 1 aliphatic rings. The summed E-state index contributed by atoms with van der Waals surface area (Å²) in [6, 6.07) is 0. The molecule has 0 radical (unpaired) electrons. The summed E-state index contributed by atoms with van der Waals surface area (Å²) in [6.45, 7) is 6.54. The van der Waals surface area contributed by atoms with Crippen molar-refractivity contribution >= 4 is 27.4 Å². The predicted molar refractivity (Wildman–Crippen MR) is 76.5 cm³/mol. The molecule has 0 atom stereocenters. The maximum absolute atomic E-state index is 4.52. The summed E-state index contributed by atoms with van der Waals surface area (Å²) in [4.78, 5) is 13.7. The van der Waals surface area contributed by atoms with Crippen molar-refractivity contribution in [1.82, 2.24) is 14.9 Å². The Balaban J connectivity index is 1.98. The second-order valence-corrected chi connectivity index (χ2v) is 5.82. The standard InChI is InChI=1S/C13H18N4S/c1-10-8-18-12-11(10)14-9-15-13(12)17-5-3-4-16(2)6-7-17/h8-9H,3-7H2,1-2H3. The van der Waals surface area contributed by atoms with Crippen LogP contribution in [0.4, 0.5) is 5.82 Å². The van der Waals surface area contributed by atoms with E-state index >= 15 is 0 Å². The zero-order valence-electron chi connectivity index (χ0n) is 10.9. The van der Waals surface area contributed by atoms with Crippen LogP contribution < -0.4 is 4.90 Å². The maximum Gasteiger partial charge on any atom is 0.150 e. The number of hydrogen-bond donors (Lipinski definition) is 0. The van der Waals surface area contributed by atoms with Crippen LogP contribution in [-0.4, -0.2) is 48.1 Å². The molecule has 0 spiro atoms. The fourth-order valence-corrected chi connectivity index (χ4v) is 3.46. The summed E-state index contributed by atoms with van der Waals surface area (Å²) in [6.07, 6.45) is 2.90. The van der Waals surface area contributed by atoms with Gasteiger partial charge in [-0.05, 0) is 37.9 Å². The molecule has 18 heavy (non-hydrogen) atoms. The van der Waals surface area contributed by atoms with Gasteiger partial charge in [-0.3, -0.25) is 0 Å². The van der Waals surface area contributed by atoms with Gasteiger partial charge < -0.3 is 9.80 Å². The molecule has 0 bridgehead atoms. The van der Waals surface area contributed by atoms with E-state index in [1.54, 1.807) is 17.7 Å². The van der Waals surface area contributed by atoms with Crippen LogP contribution in [0.25, 0.3) is 10.2 Å². The summed E-state index contributed by atoms with van der Waals surface area (Å²) < 4.78 is 1.24. The van der Waals surface area contributed by atoms with Gasteiger partial charge in [0.1, 0.15) is 12.1 Å². The number of fused-ring (bicyclic) bond motifs is 1. The van der Waals surface area contributed by atoms with Gasteiger partial charge in [0.25, 0.3) is 0 Å². The first-order valence-corrected chi connectivity index (χ1v) is 7.26. The Morgan fingerprint density at radius 1 is 1.17 bits per heavy atom. The van der Waals surface area contributed by atoms with Crippen molar-refractivity contribution in [2.75, 3.05) is 38.1 Å². The van der Waals surface area contributed by atoms with Crippen molar-refractivity contribution < 1.29 is 0 Å². The molecule has 1 saturated heterocycles. The van der Waals surface area contributed by atoms with Gasteiger partial charge in [0.2, 0.25) is 0 Å². The van der Waals surface area contributed by atoms with Crippen molar-refractivity contribution in [3.05, 3.63) is 17.3 Å². The molecule has 3 heterocycles. The Labute approximate surface area is 111 Å². The lowest BCUT2D eigenvalue weighted by atomic mass is 10.3. The zero-order chi connectivity index (χ0) is 12.5. The van der Waals surface area contributed by atoms with Crippen molar-refractivity contribution in [2.45, 2.75) is 13.3 Å². The highest BCUT2D eigenvalue weighted by Gasteiger charge is 2.17. The summed E-state index contributed by atoms with van der Waals surface area (Å²) in [5.74, 6) is 1.12. The summed E-state index contributed by atoms with van der Waals surface area (Å²) >= 11 is 1.76. The summed E-state index contributed by atoms with van der Waals surface area (Å²) in [5, 5.41) is 2.17. The van der Waals surface area contributed by atoms with E-state index in [4.69, 9.17) is 0 Å². The van der Waals surface area contributed by atoms with Gasteiger partial charge in [-0.2, -0.15) is 0 Å². The molecule has 1 aliphatic heterocycles. The average molecular weight is 262 g/mol. The van der Waals surface area contributed by atoms with Crippen molar-refractivity contribution in [3.8, 4) is 0 Å². The van der Waals surface area contributed by atoms with Gasteiger partial charge >= 0.3 is 0 Å². The van der Waals surface area contributed by atoms with Gasteiger partial charge in [0.15, 0.2) is 0 Å². The smallest absolute Gasteiger partial charge is 0.150 e. The van der Waals surface area contributed by atoms with Crippen LogP contribution in [-0.2, 0) is 0 Å². The molecule has 0 saturated carbocycles. The van der Waals surface area contributed by atoms with Crippen LogP contribution in [0.15, 0.2) is 11.7 Å². The second-order valence-electron chi connectivity index (χ2n) is 4.94. The van der Waals surface area contributed by atoms with Crippen LogP contribution in [0.3, 0.4) is 0 Å². The molecular formula is C13H18N4S. The minimum atomic E-state index is 1.06.